The lowest BCUT2D eigenvalue weighted by Gasteiger charge is -2.18. The summed E-state index contributed by atoms with van der Waals surface area (Å²) in [5, 5.41) is 4.57. The molecule has 2 aromatic carbocycles. The van der Waals surface area contributed by atoms with E-state index in [9.17, 15) is 4.39 Å². The van der Waals surface area contributed by atoms with Crippen LogP contribution in [0.5, 0.6) is 0 Å². The number of halogens is 4. The highest BCUT2D eigenvalue weighted by atomic mass is 35.5. The van der Waals surface area contributed by atoms with Gasteiger partial charge in [0.25, 0.3) is 0 Å². The third-order valence-electron chi connectivity index (χ3n) is 2.88. The molecule has 0 saturated carbocycles. The van der Waals surface area contributed by atoms with Crippen LogP contribution >= 0.6 is 34.8 Å². The smallest absolute Gasteiger partial charge is 0.126 e. The molecule has 0 spiro atoms. The van der Waals surface area contributed by atoms with Crippen molar-refractivity contribution < 1.29 is 4.39 Å². The molecule has 0 amide bonds. The van der Waals surface area contributed by atoms with Crippen molar-refractivity contribution in [3.63, 3.8) is 0 Å². The fraction of sp³-hybridized carbons (Fsp3) is 0.200. The molecule has 5 heteroatoms. The Balaban J connectivity index is 2.13. The van der Waals surface area contributed by atoms with Crippen molar-refractivity contribution in [1.29, 1.82) is 0 Å². The third kappa shape index (κ3) is 3.78. The van der Waals surface area contributed by atoms with Crippen molar-refractivity contribution in [3.05, 3.63) is 62.8 Å². The molecule has 0 bridgehead atoms. The van der Waals surface area contributed by atoms with Gasteiger partial charge in [0.2, 0.25) is 0 Å². The second-order valence-electron chi connectivity index (χ2n) is 4.59. The Bertz CT molecular complexity index is 593. The van der Waals surface area contributed by atoms with E-state index in [1.165, 1.54) is 6.07 Å². The van der Waals surface area contributed by atoms with Gasteiger partial charge in [-0.05, 0) is 37.1 Å². The van der Waals surface area contributed by atoms with Crippen LogP contribution in [0, 0.1) is 5.82 Å². The summed E-state index contributed by atoms with van der Waals surface area (Å²) in [6.07, 6.45) is 0.530. The minimum atomic E-state index is -0.213. The summed E-state index contributed by atoms with van der Waals surface area (Å²) >= 11 is 18.1. The van der Waals surface area contributed by atoms with E-state index in [0.29, 0.717) is 32.7 Å². The van der Waals surface area contributed by atoms with Gasteiger partial charge in [-0.25, -0.2) is 4.39 Å². The number of hydrogen-bond donors (Lipinski definition) is 1. The molecule has 1 atom stereocenters. The Morgan fingerprint density at radius 2 is 1.70 bits per heavy atom. The molecule has 1 N–H and O–H groups in total. The molecule has 0 aromatic heterocycles. The molecule has 0 saturated heterocycles. The molecule has 20 heavy (non-hydrogen) atoms. The summed E-state index contributed by atoms with van der Waals surface area (Å²) in [6, 6.07) is 9.91. The molecule has 2 aromatic rings. The van der Waals surface area contributed by atoms with Crippen LogP contribution in [0.25, 0.3) is 0 Å². The highest BCUT2D eigenvalue weighted by molar-refractivity contribution is 6.41. The van der Waals surface area contributed by atoms with Gasteiger partial charge in [-0.1, -0.05) is 53.0 Å². The molecule has 0 fully saturated rings. The molecule has 2 rings (SSSR count). The van der Waals surface area contributed by atoms with Gasteiger partial charge in [-0.15, -0.1) is 0 Å². The van der Waals surface area contributed by atoms with Crippen molar-refractivity contribution >= 4 is 40.5 Å². The first kappa shape index (κ1) is 15.4. The summed E-state index contributed by atoms with van der Waals surface area (Å²) < 4.78 is 13.6. The van der Waals surface area contributed by atoms with E-state index in [-0.39, 0.29) is 11.9 Å². The van der Waals surface area contributed by atoms with E-state index in [2.05, 4.69) is 5.32 Å². The maximum absolute atomic E-state index is 13.6. The SMILES string of the molecule is CC(Cc1ccccc1F)Nc1c(Cl)cc(Cl)cc1Cl. The topological polar surface area (TPSA) is 12.0 Å². The predicted molar refractivity (Wildman–Crippen MR) is 84.7 cm³/mol. The fourth-order valence-corrected chi connectivity index (χ4v) is 2.90. The van der Waals surface area contributed by atoms with Crippen molar-refractivity contribution in [1.82, 2.24) is 0 Å². The largest absolute Gasteiger partial charge is 0.380 e. The van der Waals surface area contributed by atoms with Gasteiger partial charge in [0.05, 0.1) is 15.7 Å². The van der Waals surface area contributed by atoms with Crippen molar-refractivity contribution in [2.24, 2.45) is 0 Å². The Hall–Kier alpha value is -0.960. The third-order valence-corrected chi connectivity index (χ3v) is 3.70. The van der Waals surface area contributed by atoms with Gasteiger partial charge in [0.15, 0.2) is 0 Å². The Morgan fingerprint density at radius 1 is 1.10 bits per heavy atom. The Kier molecular flexibility index (Phi) is 5.14. The van der Waals surface area contributed by atoms with Gasteiger partial charge in [0, 0.05) is 11.1 Å². The van der Waals surface area contributed by atoms with E-state index < -0.39 is 0 Å². The van der Waals surface area contributed by atoms with Gasteiger partial charge in [0.1, 0.15) is 5.82 Å². The summed E-state index contributed by atoms with van der Waals surface area (Å²) in [5.74, 6) is -0.213. The molecule has 0 aliphatic rings. The maximum atomic E-state index is 13.6. The maximum Gasteiger partial charge on any atom is 0.126 e. The summed E-state index contributed by atoms with van der Waals surface area (Å²) in [4.78, 5) is 0. The number of benzene rings is 2. The first-order chi connectivity index (χ1) is 9.47. The van der Waals surface area contributed by atoms with Crippen molar-refractivity contribution in [2.75, 3.05) is 5.32 Å². The van der Waals surface area contributed by atoms with E-state index in [1.807, 2.05) is 13.0 Å². The Morgan fingerprint density at radius 3 is 2.30 bits per heavy atom. The molecule has 1 unspecified atom stereocenters. The highest BCUT2D eigenvalue weighted by Gasteiger charge is 2.12. The number of anilines is 1. The molecular weight excluding hydrogens is 320 g/mol. The quantitative estimate of drug-likeness (QED) is 0.743. The highest BCUT2D eigenvalue weighted by Crippen LogP contribution is 2.34. The zero-order valence-electron chi connectivity index (χ0n) is 10.8. The zero-order chi connectivity index (χ0) is 14.7. The molecule has 0 heterocycles. The van der Waals surface area contributed by atoms with Gasteiger partial charge in [-0.2, -0.15) is 0 Å². The monoisotopic (exact) mass is 331 g/mol. The summed E-state index contributed by atoms with van der Waals surface area (Å²) in [6.45, 7) is 1.94. The predicted octanol–water partition coefficient (Wildman–Crippen LogP) is 5.83. The molecular formula is C15H13Cl3FN. The molecule has 0 aliphatic heterocycles. The average Bonchev–Trinajstić information content (AvgIpc) is 2.36. The van der Waals surface area contributed by atoms with Crippen LogP contribution in [0.1, 0.15) is 12.5 Å². The normalized spacial score (nSPS) is 12.2. The average molecular weight is 333 g/mol. The first-order valence-electron chi connectivity index (χ1n) is 6.12. The van der Waals surface area contributed by atoms with Gasteiger partial charge < -0.3 is 5.32 Å². The van der Waals surface area contributed by atoms with Gasteiger partial charge in [-0.3, -0.25) is 0 Å². The lowest BCUT2D eigenvalue weighted by molar-refractivity contribution is 0.601. The minimum Gasteiger partial charge on any atom is -0.380 e. The molecule has 1 nitrogen and oxygen atoms in total. The van der Waals surface area contributed by atoms with Crippen LogP contribution < -0.4 is 5.32 Å². The second-order valence-corrected chi connectivity index (χ2v) is 5.84. The van der Waals surface area contributed by atoms with E-state index in [1.54, 1.807) is 24.3 Å². The lowest BCUT2D eigenvalue weighted by Crippen LogP contribution is -2.19. The van der Waals surface area contributed by atoms with Crippen LogP contribution in [0.3, 0.4) is 0 Å². The van der Waals surface area contributed by atoms with Crippen LogP contribution in [0.15, 0.2) is 36.4 Å². The van der Waals surface area contributed by atoms with Crippen LogP contribution in [0.2, 0.25) is 15.1 Å². The zero-order valence-corrected chi connectivity index (χ0v) is 13.0. The van der Waals surface area contributed by atoms with Crippen molar-refractivity contribution in [3.8, 4) is 0 Å². The van der Waals surface area contributed by atoms with Crippen molar-refractivity contribution in [2.45, 2.75) is 19.4 Å². The molecule has 0 aliphatic carbocycles. The van der Waals surface area contributed by atoms with Crippen LogP contribution in [0.4, 0.5) is 10.1 Å². The van der Waals surface area contributed by atoms with E-state index in [4.69, 9.17) is 34.8 Å². The molecule has 0 radical (unpaired) electrons. The summed E-state index contributed by atoms with van der Waals surface area (Å²) in [7, 11) is 0. The number of rotatable bonds is 4. The second kappa shape index (κ2) is 6.66. The van der Waals surface area contributed by atoms with E-state index >= 15 is 0 Å². The summed E-state index contributed by atoms with van der Waals surface area (Å²) in [5.41, 5.74) is 1.26. The molecule has 106 valence electrons. The minimum absolute atomic E-state index is 0.0249. The fourth-order valence-electron chi connectivity index (χ4n) is 1.97. The first-order valence-corrected chi connectivity index (χ1v) is 7.25. The lowest BCUT2D eigenvalue weighted by atomic mass is 10.1. The van der Waals surface area contributed by atoms with E-state index in [0.717, 1.165) is 0 Å². The Labute approximate surface area is 132 Å². The number of hydrogen-bond acceptors (Lipinski definition) is 1. The number of nitrogens with one attached hydrogen (secondary N) is 1. The van der Waals surface area contributed by atoms with Gasteiger partial charge >= 0.3 is 0 Å². The van der Waals surface area contributed by atoms with Crippen LogP contribution in [-0.4, -0.2) is 6.04 Å². The van der Waals surface area contributed by atoms with Crippen LogP contribution in [-0.2, 0) is 6.42 Å². The standard InChI is InChI=1S/C15H13Cl3FN/c1-9(6-10-4-2-3-5-14(10)19)20-15-12(17)7-11(16)8-13(15)18/h2-5,7-9,20H,6H2,1H3.